The molecule has 254 valence electrons. The Morgan fingerprint density at radius 1 is 0.283 bits per heavy atom. The van der Waals surface area contributed by atoms with Crippen LogP contribution in [0.4, 0.5) is 34.1 Å². The maximum absolute atomic E-state index is 14.1. The van der Waals surface area contributed by atoms with Crippen molar-refractivity contribution in [3.05, 3.63) is 206 Å². The van der Waals surface area contributed by atoms with Crippen LogP contribution in [0.5, 0.6) is 0 Å². The van der Waals surface area contributed by atoms with Gasteiger partial charge in [0.2, 0.25) is 9.84 Å². The molecule has 0 N–H and O–H groups in total. The van der Waals surface area contributed by atoms with Crippen molar-refractivity contribution in [1.29, 1.82) is 0 Å². The average Bonchev–Trinajstić information content (AvgIpc) is 3.45. The normalized spacial score (nSPS) is 12.5. The van der Waals surface area contributed by atoms with E-state index >= 15 is 0 Å². The number of nitrogens with zero attached hydrogens (tertiary/aromatic N) is 2. The van der Waals surface area contributed by atoms with Gasteiger partial charge in [-0.05, 0) is 107 Å². The summed E-state index contributed by atoms with van der Waals surface area (Å²) in [5.74, 6) is 0. The van der Waals surface area contributed by atoms with E-state index in [2.05, 4.69) is 107 Å². The molecule has 1 aliphatic heterocycles. The van der Waals surface area contributed by atoms with Crippen LogP contribution in [-0.4, -0.2) is 8.42 Å². The molecular weight excluding hydrogens is 669 g/mol. The molecule has 0 bridgehead atoms. The number of para-hydroxylation sites is 4. The predicted molar refractivity (Wildman–Crippen MR) is 218 cm³/mol. The Balaban J connectivity index is 1.01. The van der Waals surface area contributed by atoms with Crippen LogP contribution in [0.3, 0.4) is 0 Å². The standard InChI is InChI=1S/C48H34N2O2S/c51-53(52)47-33-37(35-21-27-43(28-22-35)49(39-13-5-1-6-14-39)40-15-7-2-8-16-40)25-31-45(47)46-32-26-38(34-48(46)53)36-23-29-44(30-24-36)50(41-17-9-3-10-18-41)42-19-11-4-12-20-42/h1-34H. The van der Waals surface area contributed by atoms with Gasteiger partial charge < -0.3 is 9.80 Å². The Morgan fingerprint density at radius 2 is 0.547 bits per heavy atom. The predicted octanol–water partition coefficient (Wildman–Crippen LogP) is 12.8. The topological polar surface area (TPSA) is 40.6 Å². The Hall–Kier alpha value is -6.69. The molecule has 0 unspecified atom stereocenters. The fraction of sp³-hybridized carbons (Fsp3) is 0. The summed E-state index contributed by atoms with van der Waals surface area (Å²) >= 11 is 0. The first-order valence-corrected chi connectivity index (χ1v) is 19.1. The van der Waals surface area contributed by atoms with Gasteiger partial charge in [-0.1, -0.05) is 121 Å². The number of sulfone groups is 1. The molecule has 9 rings (SSSR count). The summed E-state index contributed by atoms with van der Waals surface area (Å²) in [6.45, 7) is 0. The lowest BCUT2D eigenvalue weighted by atomic mass is 9.98. The van der Waals surface area contributed by atoms with Crippen molar-refractivity contribution < 1.29 is 8.42 Å². The van der Waals surface area contributed by atoms with E-state index in [0.29, 0.717) is 9.79 Å². The van der Waals surface area contributed by atoms with Gasteiger partial charge in [-0.25, -0.2) is 8.42 Å². The molecule has 0 saturated carbocycles. The lowest BCUT2D eigenvalue weighted by molar-refractivity contribution is 0.599. The summed E-state index contributed by atoms with van der Waals surface area (Å²) in [7, 11) is -3.73. The van der Waals surface area contributed by atoms with Gasteiger partial charge in [0.1, 0.15) is 0 Å². The maximum atomic E-state index is 14.1. The highest BCUT2D eigenvalue weighted by Gasteiger charge is 2.33. The first kappa shape index (κ1) is 32.2. The second-order valence-electron chi connectivity index (χ2n) is 13.0. The summed E-state index contributed by atoms with van der Waals surface area (Å²) in [5, 5.41) is 0. The van der Waals surface area contributed by atoms with Gasteiger partial charge in [-0.3, -0.25) is 0 Å². The van der Waals surface area contributed by atoms with E-state index < -0.39 is 9.84 Å². The molecule has 0 fully saturated rings. The van der Waals surface area contributed by atoms with E-state index in [1.54, 1.807) is 0 Å². The molecule has 0 aromatic heterocycles. The summed E-state index contributed by atoms with van der Waals surface area (Å²) in [5.41, 5.74) is 11.4. The number of benzene rings is 8. The van der Waals surface area contributed by atoms with Crippen LogP contribution >= 0.6 is 0 Å². The summed E-state index contributed by atoms with van der Waals surface area (Å²) < 4.78 is 28.3. The van der Waals surface area contributed by atoms with Crippen molar-refractivity contribution in [3.8, 4) is 33.4 Å². The van der Waals surface area contributed by atoms with E-state index in [1.807, 2.05) is 109 Å². The highest BCUT2D eigenvalue weighted by Crippen LogP contribution is 2.46. The molecule has 8 aromatic rings. The van der Waals surface area contributed by atoms with Crippen molar-refractivity contribution in [3.63, 3.8) is 0 Å². The molecule has 0 radical (unpaired) electrons. The Kier molecular flexibility index (Phi) is 8.18. The third-order valence-corrected chi connectivity index (χ3v) is 11.6. The largest absolute Gasteiger partial charge is 0.311 e. The first-order valence-electron chi connectivity index (χ1n) is 17.6. The van der Waals surface area contributed by atoms with Crippen LogP contribution in [0.15, 0.2) is 216 Å². The van der Waals surface area contributed by atoms with Gasteiger partial charge in [-0.15, -0.1) is 0 Å². The number of anilines is 6. The van der Waals surface area contributed by atoms with Crippen molar-refractivity contribution in [2.24, 2.45) is 0 Å². The highest BCUT2D eigenvalue weighted by atomic mass is 32.2. The van der Waals surface area contributed by atoms with Gasteiger partial charge in [0, 0.05) is 45.3 Å². The van der Waals surface area contributed by atoms with Crippen LogP contribution in [0, 0.1) is 0 Å². The lowest BCUT2D eigenvalue weighted by Crippen LogP contribution is -2.09. The van der Waals surface area contributed by atoms with Crippen LogP contribution in [0.25, 0.3) is 33.4 Å². The molecule has 0 atom stereocenters. The maximum Gasteiger partial charge on any atom is 0.207 e. The van der Waals surface area contributed by atoms with Crippen LogP contribution in [0.2, 0.25) is 0 Å². The number of fused-ring (bicyclic) bond motifs is 3. The van der Waals surface area contributed by atoms with Gasteiger partial charge in [-0.2, -0.15) is 0 Å². The van der Waals surface area contributed by atoms with E-state index in [1.165, 1.54) is 0 Å². The zero-order valence-electron chi connectivity index (χ0n) is 28.7. The van der Waals surface area contributed by atoms with E-state index in [0.717, 1.165) is 67.5 Å². The third-order valence-electron chi connectivity index (χ3n) is 9.81. The average molecular weight is 703 g/mol. The van der Waals surface area contributed by atoms with Crippen molar-refractivity contribution >= 4 is 44.0 Å². The Morgan fingerprint density at radius 3 is 0.849 bits per heavy atom. The molecular formula is C48H34N2O2S. The van der Waals surface area contributed by atoms with Crippen molar-refractivity contribution in [1.82, 2.24) is 0 Å². The fourth-order valence-corrected chi connectivity index (χ4v) is 8.96. The molecule has 4 nitrogen and oxygen atoms in total. The van der Waals surface area contributed by atoms with E-state index in [4.69, 9.17) is 0 Å². The lowest BCUT2D eigenvalue weighted by Gasteiger charge is -2.25. The van der Waals surface area contributed by atoms with Gasteiger partial charge >= 0.3 is 0 Å². The summed E-state index contributed by atoms with van der Waals surface area (Å²) in [6, 6.07) is 69.2. The molecule has 5 heteroatoms. The fourth-order valence-electron chi connectivity index (χ4n) is 7.22. The minimum atomic E-state index is -3.73. The molecule has 0 amide bonds. The molecule has 0 saturated heterocycles. The SMILES string of the molecule is O=S1(=O)c2cc(-c3ccc(N(c4ccccc4)c4ccccc4)cc3)ccc2-c2ccc(-c3ccc(N(c4ccccc4)c4ccccc4)cc3)cc21. The van der Waals surface area contributed by atoms with Gasteiger partial charge in [0.05, 0.1) is 9.79 Å². The Labute approximate surface area is 310 Å². The summed E-state index contributed by atoms with van der Waals surface area (Å²) in [4.78, 5) is 5.11. The molecule has 8 aromatic carbocycles. The van der Waals surface area contributed by atoms with Crippen LogP contribution < -0.4 is 9.80 Å². The molecule has 1 aliphatic rings. The minimum Gasteiger partial charge on any atom is -0.311 e. The number of rotatable bonds is 8. The second kappa shape index (κ2) is 13.5. The highest BCUT2D eigenvalue weighted by molar-refractivity contribution is 7.92. The minimum absolute atomic E-state index is 0.345. The van der Waals surface area contributed by atoms with Crippen LogP contribution in [0.1, 0.15) is 0 Å². The zero-order chi connectivity index (χ0) is 35.8. The molecule has 0 spiro atoms. The monoisotopic (exact) mass is 702 g/mol. The zero-order valence-corrected chi connectivity index (χ0v) is 29.6. The summed E-state index contributed by atoms with van der Waals surface area (Å²) in [6.07, 6.45) is 0. The second-order valence-corrected chi connectivity index (χ2v) is 14.9. The molecule has 53 heavy (non-hydrogen) atoms. The van der Waals surface area contributed by atoms with E-state index in [-0.39, 0.29) is 0 Å². The number of hydrogen-bond acceptors (Lipinski definition) is 4. The van der Waals surface area contributed by atoms with Gasteiger partial charge in [0.15, 0.2) is 0 Å². The van der Waals surface area contributed by atoms with Crippen molar-refractivity contribution in [2.75, 3.05) is 9.80 Å². The smallest absolute Gasteiger partial charge is 0.207 e. The third kappa shape index (κ3) is 5.97. The van der Waals surface area contributed by atoms with Crippen molar-refractivity contribution in [2.45, 2.75) is 9.79 Å². The van der Waals surface area contributed by atoms with E-state index in [9.17, 15) is 8.42 Å². The quantitative estimate of drug-likeness (QED) is 0.158. The first-order chi connectivity index (χ1) is 26.0. The number of hydrogen-bond donors (Lipinski definition) is 0. The van der Waals surface area contributed by atoms with Gasteiger partial charge in [0.25, 0.3) is 0 Å². The molecule has 0 aliphatic carbocycles. The molecule has 1 heterocycles. The van der Waals surface area contributed by atoms with Crippen LogP contribution in [-0.2, 0) is 9.84 Å². The Bertz CT molecular complexity index is 2390.